The van der Waals surface area contributed by atoms with Crippen molar-refractivity contribution in [2.45, 2.75) is 18.2 Å². The molecule has 0 radical (unpaired) electrons. The van der Waals surface area contributed by atoms with Crippen molar-refractivity contribution in [2.24, 2.45) is 5.14 Å². The molecule has 1 aromatic heterocycles. The first kappa shape index (κ1) is 16.4. The fraction of sp³-hybridized carbons (Fsp3) is 0.118. The Hall–Kier alpha value is -2.51. The molecule has 0 saturated carbocycles. The number of hydrogen-bond acceptors (Lipinski definition) is 4. The fourth-order valence-corrected chi connectivity index (χ4v) is 3.02. The maximum atomic E-state index is 14.1. The minimum absolute atomic E-state index is 0.00759. The lowest BCUT2D eigenvalue weighted by Gasteiger charge is -2.06. The lowest BCUT2D eigenvalue weighted by Crippen LogP contribution is -2.11. The van der Waals surface area contributed by atoms with Crippen LogP contribution in [-0.2, 0) is 16.4 Å². The predicted molar refractivity (Wildman–Crippen MR) is 88.1 cm³/mol. The maximum Gasteiger partial charge on any atom is 0.238 e. The van der Waals surface area contributed by atoms with Gasteiger partial charge in [0.2, 0.25) is 10.0 Å². The van der Waals surface area contributed by atoms with Gasteiger partial charge in [0.05, 0.1) is 21.7 Å². The molecule has 5 nitrogen and oxygen atoms in total. The molecule has 0 saturated heterocycles. The Morgan fingerprint density at radius 2 is 1.79 bits per heavy atom. The largest absolute Gasteiger partial charge is 0.355 e. The van der Waals surface area contributed by atoms with Crippen molar-refractivity contribution in [3.63, 3.8) is 0 Å². The summed E-state index contributed by atoms with van der Waals surface area (Å²) in [5.41, 5.74) is 2.29. The summed E-state index contributed by atoms with van der Waals surface area (Å²) >= 11 is 0. The van der Waals surface area contributed by atoms with Crippen molar-refractivity contribution < 1.29 is 17.3 Å². The number of hydrogen-bond donors (Lipinski definition) is 1. The van der Waals surface area contributed by atoms with E-state index in [4.69, 9.17) is 9.66 Å². The lowest BCUT2D eigenvalue weighted by atomic mass is 9.98. The highest BCUT2D eigenvalue weighted by atomic mass is 32.2. The van der Waals surface area contributed by atoms with Crippen LogP contribution < -0.4 is 5.14 Å². The van der Waals surface area contributed by atoms with Crippen molar-refractivity contribution >= 4 is 10.0 Å². The number of nitrogens with zero attached hydrogens (tertiary/aromatic N) is 1. The molecule has 124 valence electrons. The molecule has 24 heavy (non-hydrogen) atoms. The third-order valence-electron chi connectivity index (χ3n) is 3.69. The summed E-state index contributed by atoms with van der Waals surface area (Å²) in [7, 11) is -3.77. The van der Waals surface area contributed by atoms with Gasteiger partial charge in [0.25, 0.3) is 0 Å². The minimum Gasteiger partial charge on any atom is -0.355 e. The first-order valence-electron chi connectivity index (χ1n) is 7.28. The number of sulfonamides is 1. The standard InChI is InChI=1S/C17H15FN2O3S/c1-2-15-16(11-7-9-12(10-8-11)24(19,21)22)17(23-20-15)13-5-3-4-6-14(13)18/h3-10H,2H2,1H3,(H2,19,21,22). The van der Waals surface area contributed by atoms with E-state index in [9.17, 15) is 12.8 Å². The normalized spacial score (nSPS) is 11.6. The molecule has 3 aromatic rings. The Kier molecular flexibility index (Phi) is 4.21. The van der Waals surface area contributed by atoms with Gasteiger partial charge in [-0.1, -0.05) is 36.3 Å². The van der Waals surface area contributed by atoms with Crippen molar-refractivity contribution in [3.05, 3.63) is 60.0 Å². The monoisotopic (exact) mass is 346 g/mol. The van der Waals surface area contributed by atoms with E-state index < -0.39 is 15.8 Å². The quantitative estimate of drug-likeness (QED) is 0.785. The van der Waals surface area contributed by atoms with Crippen LogP contribution in [0.25, 0.3) is 22.5 Å². The van der Waals surface area contributed by atoms with Gasteiger partial charge in [-0.2, -0.15) is 0 Å². The first-order chi connectivity index (χ1) is 11.4. The topological polar surface area (TPSA) is 86.2 Å². The second kappa shape index (κ2) is 6.18. The summed E-state index contributed by atoms with van der Waals surface area (Å²) in [4.78, 5) is 0.00759. The highest BCUT2D eigenvalue weighted by Crippen LogP contribution is 2.36. The summed E-state index contributed by atoms with van der Waals surface area (Å²) in [5.74, 6) is -0.105. The van der Waals surface area contributed by atoms with E-state index in [-0.39, 0.29) is 4.90 Å². The van der Waals surface area contributed by atoms with Crippen LogP contribution in [0.1, 0.15) is 12.6 Å². The smallest absolute Gasteiger partial charge is 0.238 e. The fourth-order valence-electron chi connectivity index (χ4n) is 2.50. The van der Waals surface area contributed by atoms with Crippen molar-refractivity contribution in [2.75, 3.05) is 0 Å². The molecule has 0 bridgehead atoms. The second-order valence-electron chi connectivity index (χ2n) is 5.24. The molecular formula is C17H15FN2O3S. The molecule has 7 heteroatoms. The van der Waals surface area contributed by atoms with E-state index >= 15 is 0 Å². The summed E-state index contributed by atoms with van der Waals surface area (Å²) < 4.78 is 42.3. The van der Waals surface area contributed by atoms with E-state index in [2.05, 4.69) is 5.16 Å². The molecule has 0 aliphatic carbocycles. The molecule has 0 amide bonds. The summed E-state index contributed by atoms with van der Waals surface area (Å²) in [6, 6.07) is 12.3. The third kappa shape index (κ3) is 2.95. The number of halogens is 1. The Labute approximate surface area is 139 Å². The van der Waals surface area contributed by atoms with Crippen molar-refractivity contribution in [1.29, 1.82) is 0 Å². The highest BCUT2D eigenvalue weighted by Gasteiger charge is 2.21. The molecule has 0 atom stereocenters. The van der Waals surface area contributed by atoms with E-state index in [1.807, 2.05) is 6.92 Å². The Bertz CT molecular complexity index is 979. The van der Waals surface area contributed by atoms with Crippen LogP contribution in [0, 0.1) is 5.82 Å². The molecule has 0 aliphatic heterocycles. The van der Waals surface area contributed by atoms with Crippen molar-refractivity contribution in [1.82, 2.24) is 5.16 Å². The van der Waals surface area contributed by atoms with E-state index in [0.717, 1.165) is 0 Å². The summed E-state index contributed by atoms with van der Waals surface area (Å²) in [6.45, 7) is 1.91. The van der Waals surface area contributed by atoms with Gasteiger partial charge < -0.3 is 4.52 Å². The van der Waals surface area contributed by atoms with Gasteiger partial charge in [-0.3, -0.25) is 0 Å². The number of primary sulfonamides is 1. The number of aromatic nitrogens is 1. The maximum absolute atomic E-state index is 14.1. The number of aryl methyl sites for hydroxylation is 1. The van der Waals surface area contributed by atoms with Gasteiger partial charge in [-0.05, 0) is 36.2 Å². The molecule has 2 aromatic carbocycles. The molecule has 2 N–H and O–H groups in total. The van der Waals surface area contributed by atoms with Gasteiger partial charge in [0.15, 0.2) is 5.76 Å². The van der Waals surface area contributed by atoms with Gasteiger partial charge in [-0.25, -0.2) is 17.9 Å². The predicted octanol–water partition coefficient (Wildman–Crippen LogP) is 3.36. The average Bonchev–Trinajstić information content (AvgIpc) is 2.98. The first-order valence-corrected chi connectivity index (χ1v) is 8.83. The number of rotatable bonds is 4. The Morgan fingerprint density at radius 1 is 1.12 bits per heavy atom. The zero-order valence-electron chi connectivity index (χ0n) is 12.9. The zero-order valence-corrected chi connectivity index (χ0v) is 13.7. The van der Waals surface area contributed by atoms with Crippen molar-refractivity contribution in [3.8, 4) is 22.5 Å². The second-order valence-corrected chi connectivity index (χ2v) is 6.80. The SMILES string of the molecule is CCc1noc(-c2ccccc2F)c1-c1ccc(S(N)(=O)=O)cc1. The molecule has 0 fully saturated rings. The van der Waals surface area contributed by atoms with Crippen LogP contribution in [0.4, 0.5) is 4.39 Å². The lowest BCUT2D eigenvalue weighted by molar-refractivity contribution is 0.422. The summed E-state index contributed by atoms with van der Waals surface area (Å²) in [6.07, 6.45) is 0.588. The average molecular weight is 346 g/mol. The Morgan fingerprint density at radius 3 is 2.38 bits per heavy atom. The number of benzene rings is 2. The molecule has 0 aliphatic rings. The minimum atomic E-state index is -3.77. The van der Waals surface area contributed by atoms with E-state index in [1.54, 1.807) is 30.3 Å². The van der Waals surface area contributed by atoms with Crippen LogP contribution in [0.15, 0.2) is 57.9 Å². The molecule has 1 heterocycles. The van der Waals surface area contributed by atoms with Gasteiger partial charge >= 0.3 is 0 Å². The van der Waals surface area contributed by atoms with Crippen LogP contribution in [0.2, 0.25) is 0 Å². The van der Waals surface area contributed by atoms with E-state index in [1.165, 1.54) is 18.2 Å². The van der Waals surface area contributed by atoms with Crippen LogP contribution >= 0.6 is 0 Å². The van der Waals surface area contributed by atoms with Crippen LogP contribution in [-0.4, -0.2) is 13.6 Å². The van der Waals surface area contributed by atoms with Crippen LogP contribution in [0.5, 0.6) is 0 Å². The van der Waals surface area contributed by atoms with Gasteiger partial charge in [-0.15, -0.1) is 0 Å². The molecule has 0 unspecified atom stereocenters. The van der Waals surface area contributed by atoms with Gasteiger partial charge in [0.1, 0.15) is 5.82 Å². The van der Waals surface area contributed by atoms with Crippen LogP contribution in [0.3, 0.4) is 0 Å². The van der Waals surface area contributed by atoms with Gasteiger partial charge in [0, 0.05) is 0 Å². The zero-order chi connectivity index (χ0) is 17.3. The third-order valence-corrected chi connectivity index (χ3v) is 4.62. The molecular weight excluding hydrogens is 331 g/mol. The summed E-state index contributed by atoms with van der Waals surface area (Å²) in [5, 5.41) is 9.13. The highest BCUT2D eigenvalue weighted by molar-refractivity contribution is 7.89. The number of nitrogens with two attached hydrogens (primary N) is 1. The van der Waals surface area contributed by atoms with E-state index in [0.29, 0.717) is 34.6 Å². The molecule has 0 spiro atoms. The molecule has 3 rings (SSSR count). The Balaban J connectivity index is 2.17.